The van der Waals surface area contributed by atoms with Crippen LogP contribution in [0.15, 0.2) is 18.3 Å². The summed E-state index contributed by atoms with van der Waals surface area (Å²) in [6.45, 7) is 6.32. The maximum atomic E-state index is 10.5. The number of ether oxygens (including phenoxy) is 1. The van der Waals surface area contributed by atoms with Crippen molar-refractivity contribution in [3.05, 3.63) is 23.9 Å². The van der Waals surface area contributed by atoms with Gasteiger partial charge in [-0.3, -0.25) is 4.79 Å². The molecule has 0 aliphatic carbocycles. The predicted octanol–water partition coefficient (Wildman–Crippen LogP) is 0.910. The number of aromatic nitrogens is 1. The number of piperazine rings is 1. The minimum absolute atomic E-state index is 0.574. The van der Waals surface area contributed by atoms with Gasteiger partial charge in [0.2, 0.25) is 5.88 Å². The molecule has 0 unspecified atom stereocenters. The quantitative estimate of drug-likeness (QED) is 0.564. The third-order valence-electron chi connectivity index (χ3n) is 3.36. The van der Waals surface area contributed by atoms with Gasteiger partial charge in [-0.2, -0.15) is 0 Å². The number of likely N-dealkylation sites (N-methyl/N-ethyl adjacent to an activating group) is 1. The van der Waals surface area contributed by atoms with Crippen LogP contribution in [0.1, 0.15) is 16.8 Å². The first kappa shape index (κ1) is 14.0. The number of pyridine rings is 1. The molecule has 0 atom stereocenters. The van der Waals surface area contributed by atoms with Crippen molar-refractivity contribution in [3.8, 4) is 5.88 Å². The Morgan fingerprint density at radius 2 is 2.11 bits per heavy atom. The Hall–Kier alpha value is -1.46. The Bertz CT molecular complexity index is 386. The van der Waals surface area contributed by atoms with Crippen LogP contribution in [-0.2, 0) is 0 Å². The van der Waals surface area contributed by atoms with Gasteiger partial charge in [-0.15, -0.1) is 0 Å². The summed E-state index contributed by atoms with van der Waals surface area (Å²) in [5.41, 5.74) is 0.574. The third kappa shape index (κ3) is 4.61. The van der Waals surface area contributed by atoms with E-state index in [0.717, 1.165) is 45.4 Å². The second kappa shape index (κ2) is 7.21. The lowest BCUT2D eigenvalue weighted by Gasteiger charge is -2.32. The number of carbonyl (C=O) groups is 1. The van der Waals surface area contributed by atoms with Crippen LogP contribution in [0.5, 0.6) is 5.88 Å². The van der Waals surface area contributed by atoms with Crippen molar-refractivity contribution in [2.75, 3.05) is 46.4 Å². The Balaban J connectivity index is 1.62. The monoisotopic (exact) mass is 263 g/mol. The summed E-state index contributed by atoms with van der Waals surface area (Å²) >= 11 is 0. The molecule has 0 bridgehead atoms. The normalized spacial score (nSPS) is 17.3. The van der Waals surface area contributed by atoms with Gasteiger partial charge in [-0.05, 0) is 19.5 Å². The molecule has 1 fully saturated rings. The Morgan fingerprint density at radius 3 is 2.74 bits per heavy atom. The second-order valence-corrected chi connectivity index (χ2v) is 4.89. The average molecular weight is 263 g/mol. The molecule has 2 rings (SSSR count). The Kier molecular flexibility index (Phi) is 5.30. The molecule has 2 heterocycles. The number of rotatable bonds is 6. The van der Waals surface area contributed by atoms with Gasteiger partial charge in [-0.25, -0.2) is 4.98 Å². The van der Waals surface area contributed by atoms with E-state index in [1.807, 2.05) is 0 Å². The van der Waals surface area contributed by atoms with Crippen molar-refractivity contribution in [3.63, 3.8) is 0 Å². The predicted molar refractivity (Wildman–Crippen MR) is 73.7 cm³/mol. The highest BCUT2D eigenvalue weighted by Gasteiger charge is 2.12. The fraction of sp³-hybridized carbons (Fsp3) is 0.571. The van der Waals surface area contributed by atoms with Gasteiger partial charge in [0.25, 0.3) is 0 Å². The summed E-state index contributed by atoms with van der Waals surface area (Å²) in [4.78, 5) is 19.4. The van der Waals surface area contributed by atoms with Crippen molar-refractivity contribution in [1.82, 2.24) is 14.8 Å². The number of nitrogens with zero attached hydrogens (tertiary/aromatic N) is 3. The van der Waals surface area contributed by atoms with Crippen molar-refractivity contribution in [2.45, 2.75) is 6.42 Å². The van der Waals surface area contributed by atoms with Crippen LogP contribution in [0.2, 0.25) is 0 Å². The van der Waals surface area contributed by atoms with E-state index in [1.165, 1.54) is 6.20 Å². The fourth-order valence-corrected chi connectivity index (χ4v) is 2.08. The van der Waals surface area contributed by atoms with Crippen LogP contribution in [-0.4, -0.2) is 67.4 Å². The molecule has 1 saturated heterocycles. The highest BCUT2D eigenvalue weighted by molar-refractivity contribution is 5.73. The topological polar surface area (TPSA) is 45.7 Å². The van der Waals surface area contributed by atoms with E-state index in [4.69, 9.17) is 4.74 Å². The summed E-state index contributed by atoms with van der Waals surface area (Å²) in [5.74, 6) is 0.587. The molecule has 0 saturated carbocycles. The minimum Gasteiger partial charge on any atom is -0.478 e. The summed E-state index contributed by atoms with van der Waals surface area (Å²) in [7, 11) is 2.16. The van der Waals surface area contributed by atoms with Gasteiger partial charge in [0.15, 0.2) is 6.29 Å². The van der Waals surface area contributed by atoms with E-state index in [9.17, 15) is 4.79 Å². The van der Waals surface area contributed by atoms with Crippen LogP contribution in [0.25, 0.3) is 0 Å². The molecule has 0 radical (unpaired) electrons. The van der Waals surface area contributed by atoms with E-state index in [-0.39, 0.29) is 0 Å². The molecule has 0 aromatic carbocycles. The maximum Gasteiger partial charge on any atom is 0.213 e. The van der Waals surface area contributed by atoms with Crippen molar-refractivity contribution >= 4 is 6.29 Å². The number of hydrogen-bond acceptors (Lipinski definition) is 5. The molecule has 1 aliphatic rings. The molecular formula is C14H21N3O2. The highest BCUT2D eigenvalue weighted by atomic mass is 16.5. The first-order valence-corrected chi connectivity index (χ1v) is 6.73. The standard InChI is InChI=1S/C14H21N3O2/c1-16-6-8-17(9-7-16)5-2-10-19-14-4-3-13(12-18)11-15-14/h3-4,11-12H,2,5-10H2,1H3. The fourth-order valence-electron chi connectivity index (χ4n) is 2.08. The van der Waals surface area contributed by atoms with E-state index < -0.39 is 0 Å². The average Bonchev–Trinajstić information content (AvgIpc) is 2.46. The first-order valence-electron chi connectivity index (χ1n) is 6.73. The molecule has 1 aliphatic heterocycles. The van der Waals surface area contributed by atoms with Gasteiger partial charge in [0.05, 0.1) is 6.61 Å². The molecular weight excluding hydrogens is 242 g/mol. The zero-order valence-electron chi connectivity index (χ0n) is 11.4. The zero-order valence-corrected chi connectivity index (χ0v) is 11.4. The van der Waals surface area contributed by atoms with E-state index in [1.54, 1.807) is 12.1 Å². The van der Waals surface area contributed by atoms with Crippen molar-refractivity contribution in [1.29, 1.82) is 0 Å². The second-order valence-electron chi connectivity index (χ2n) is 4.89. The number of hydrogen-bond donors (Lipinski definition) is 0. The molecule has 0 amide bonds. The van der Waals surface area contributed by atoms with Gasteiger partial charge >= 0.3 is 0 Å². The van der Waals surface area contributed by atoms with Crippen LogP contribution in [0.3, 0.4) is 0 Å². The summed E-state index contributed by atoms with van der Waals surface area (Å²) in [5, 5.41) is 0. The van der Waals surface area contributed by atoms with E-state index in [0.29, 0.717) is 18.1 Å². The van der Waals surface area contributed by atoms with E-state index >= 15 is 0 Å². The summed E-state index contributed by atoms with van der Waals surface area (Å²) in [6.07, 6.45) is 3.31. The van der Waals surface area contributed by atoms with Crippen LogP contribution in [0.4, 0.5) is 0 Å². The zero-order chi connectivity index (χ0) is 13.5. The molecule has 19 heavy (non-hydrogen) atoms. The Morgan fingerprint density at radius 1 is 1.32 bits per heavy atom. The largest absolute Gasteiger partial charge is 0.478 e. The summed E-state index contributed by atoms with van der Waals surface area (Å²) < 4.78 is 5.55. The SMILES string of the molecule is CN1CCN(CCCOc2ccc(C=O)cn2)CC1. The molecule has 1 aromatic heterocycles. The van der Waals surface area contributed by atoms with Gasteiger partial charge in [0.1, 0.15) is 0 Å². The molecule has 5 nitrogen and oxygen atoms in total. The minimum atomic E-state index is 0.574. The molecule has 0 spiro atoms. The molecule has 5 heteroatoms. The summed E-state index contributed by atoms with van der Waals surface area (Å²) in [6, 6.07) is 3.45. The molecule has 0 N–H and O–H groups in total. The lowest BCUT2D eigenvalue weighted by Crippen LogP contribution is -2.44. The van der Waals surface area contributed by atoms with Gasteiger partial charge < -0.3 is 14.5 Å². The first-order chi connectivity index (χ1) is 9.28. The highest BCUT2D eigenvalue weighted by Crippen LogP contribution is 2.07. The molecule has 104 valence electrons. The van der Waals surface area contributed by atoms with Crippen LogP contribution >= 0.6 is 0 Å². The van der Waals surface area contributed by atoms with Gasteiger partial charge in [0, 0.05) is 50.6 Å². The third-order valence-corrected chi connectivity index (χ3v) is 3.36. The van der Waals surface area contributed by atoms with Crippen molar-refractivity contribution < 1.29 is 9.53 Å². The lowest BCUT2D eigenvalue weighted by molar-refractivity contribution is 0.112. The van der Waals surface area contributed by atoms with Crippen molar-refractivity contribution in [2.24, 2.45) is 0 Å². The molecule has 1 aromatic rings. The van der Waals surface area contributed by atoms with E-state index in [2.05, 4.69) is 21.8 Å². The maximum absolute atomic E-state index is 10.5. The number of aldehydes is 1. The van der Waals surface area contributed by atoms with Gasteiger partial charge in [-0.1, -0.05) is 0 Å². The van der Waals surface area contributed by atoms with Crippen LogP contribution < -0.4 is 4.74 Å². The lowest BCUT2D eigenvalue weighted by atomic mass is 10.3. The number of carbonyl (C=O) groups excluding carboxylic acids is 1. The van der Waals surface area contributed by atoms with Crippen LogP contribution in [0, 0.1) is 0 Å². The Labute approximate surface area is 114 Å². The smallest absolute Gasteiger partial charge is 0.213 e.